The van der Waals surface area contributed by atoms with Crippen LogP contribution in [0.1, 0.15) is 37.8 Å². The number of hydrogen-bond acceptors (Lipinski definition) is 2. The molecule has 1 unspecified atom stereocenters. The zero-order chi connectivity index (χ0) is 13.9. The number of ether oxygens (including phenoxy) is 1. The number of carbonyl (C=O) groups excluding carboxylic acids is 1. The molecule has 4 heteroatoms. The first-order chi connectivity index (χ1) is 8.27. The predicted molar refractivity (Wildman–Crippen MR) is 65.6 cm³/mol. The minimum atomic E-state index is -2.86. The van der Waals surface area contributed by atoms with E-state index in [-0.39, 0.29) is 17.5 Å². The van der Waals surface area contributed by atoms with Crippen LogP contribution in [-0.2, 0) is 15.5 Å². The van der Waals surface area contributed by atoms with E-state index in [1.54, 1.807) is 12.1 Å². The van der Waals surface area contributed by atoms with Crippen LogP contribution in [0.3, 0.4) is 0 Å². The van der Waals surface area contributed by atoms with Crippen molar-refractivity contribution >= 4 is 5.97 Å². The van der Waals surface area contributed by atoms with Crippen molar-refractivity contribution in [3.8, 4) is 0 Å². The number of methoxy groups -OCH3 is 1. The lowest BCUT2D eigenvalue weighted by Crippen LogP contribution is -2.19. The largest absolute Gasteiger partial charge is 0.469 e. The van der Waals surface area contributed by atoms with Crippen molar-refractivity contribution in [2.24, 2.45) is 5.92 Å². The second-order valence-electron chi connectivity index (χ2n) is 4.76. The minimum absolute atomic E-state index is 0.0467. The lowest BCUT2D eigenvalue weighted by atomic mass is 9.88. The highest BCUT2D eigenvalue weighted by Crippen LogP contribution is 2.30. The molecular formula is C14H18F2O2. The molecule has 100 valence electrons. The van der Waals surface area contributed by atoms with Gasteiger partial charge in [0.15, 0.2) is 0 Å². The molecule has 2 nitrogen and oxygen atoms in total. The molecule has 0 aliphatic rings. The lowest BCUT2D eigenvalue weighted by Gasteiger charge is -2.19. The van der Waals surface area contributed by atoms with Crippen molar-refractivity contribution in [2.75, 3.05) is 7.11 Å². The zero-order valence-electron chi connectivity index (χ0n) is 11.0. The average molecular weight is 256 g/mol. The van der Waals surface area contributed by atoms with Crippen LogP contribution < -0.4 is 0 Å². The Morgan fingerprint density at radius 3 is 2.06 bits per heavy atom. The highest BCUT2D eigenvalue weighted by Gasteiger charge is 2.27. The summed E-state index contributed by atoms with van der Waals surface area (Å²) in [5, 5.41) is 0. The van der Waals surface area contributed by atoms with Gasteiger partial charge in [-0.25, -0.2) is 8.78 Å². The van der Waals surface area contributed by atoms with Crippen molar-refractivity contribution in [2.45, 2.75) is 32.6 Å². The molecule has 0 amide bonds. The van der Waals surface area contributed by atoms with Gasteiger partial charge in [-0.3, -0.25) is 4.79 Å². The number of benzene rings is 1. The maximum atomic E-state index is 13.1. The van der Waals surface area contributed by atoms with Gasteiger partial charge in [-0.1, -0.05) is 38.1 Å². The van der Waals surface area contributed by atoms with Gasteiger partial charge in [0.2, 0.25) is 0 Å². The second kappa shape index (κ2) is 5.46. The summed E-state index contributed by atoms with van der Waals surface area (Å²) in [6, 6.07) is 5.84. The van der Waals surface area contributed by atoms with E-state index in [0.29, 0.717) is 5.56 Å². The first-order valence-corrected chi connectivity index (χ1v) is 5.83. The molecule has 0 saturated heterocycles. The molecule has 0 spiro atoms. The number of alkyl halides is 2. The number of rotatable bonds is 4. The van der Waals surface area contributed by atoms with Crippen LogP contribution >= 0.6 is 0 Å². The molecule has 0 bridgehead atoms. The third kappa shape index (κ3) is 3.28. The van der Waals surface area contributed by atoms with E-state index < -0.39 is 11.8 Å². The molecule has 0 heterocycles. The summed E-state index contributed by atoms with van der Waals surface area (Å²) in [5.41, 5.74) is 0.642. The Morgan fingerprint density at radius 2 is 1.72 bits per heavy atom. The summed E-state index contributed by atoms with van der Waals surface area (Å²) < 4.78 is 30.9. The maximum Gasteiger partial charge on any atom is 0.313 e. The Balaban J connectivity index is 3.05. The fourth-order valence-electron chi connectivity index (χ4n) is 1.90. The van der Waals surface area contributed by atoms with Gasteiger partial charge in [0.1, 0.15) is 0 Å². The average Bonchev–Trinajstić information content (AvgIpc) is 2.28. The van der Waals surface area contributed by atoms with Gasteiger partial charge in [-0.05, 0) is 11.5 Å². The number of carbonyl (C=O) groups is 1. The highest BCUT2D eigenvalue weighted by atomic mass is 19.3. The second-order valence-corrected chi connectivity index (χ2v) is 4.76. The van der Waals surface area contributed by atoms with E-state index in [9.17, 15) is 13.6 Å². The van der Waals surface area contributed by atoms with Crippen LogP contribution in [0, 0.1) is 5.92 Å². The Labute approximate surface area is 106 Å². The Bertz CT molecular complexity index is 405. The first-order valence-electron chi connectivity index (χ1n) is 5.83. The van der Waals surface area contributed by atoms with Gasteiger partial charge >= 0.3 is 5.97 Å². The van der Waals surface area contributed by atoms with Gasteiger partial charge < -0.3 is 4.74 Å². The molecule has 18 heavy (non-hydrogen) atoms. The third-order valence-electron chi connectivity index (χ3n) is 2.90. The summed E-state index contributed by atoms with van der Waals surface area (Å²) in [6.07, 6.45) is 0. The van der Waals surface area contributed by atoms with E-state index in [0.717, 1.165) is 6.92 Å². The fraction of sp³-hybridized carbons (Fsp3) is 0.500. The fourth-order valence-corrected chi connectivity index (χ4v) is 1.90. The van der Waals surface area contributed by atoms with Crippen LogP contribution in [-0.4, -0.2) is 13.1 Å². The molecule has 0 aliphatic carbocycles. The molecule has 0 fully saturated rings. The molecule has 1 aromatic carbocycles. The van der Waals surface area contributed by atoms with Crippen molar-refractivity contribution in [1.29, 1.82) is 0 Å². The van der Waals surface area contributed by atoms with Gasteiger partial charge in [-0.2, -0.15) is 0 Å². The maximum absolute atomic E-state index is 13.1. The van der Waals surface area contributed by atoms with Crippen molar-refractivity contribution in [3.05, 3.63) is 35.4 Å². The summed E-state index contributed by atoms with van der Waals surface area (Å²) in [6.45, 7) is 4.64. The molecule has 1 aromatic rings. The SMILES string of the molecule is COC(=O)C(c1ccc(C(C)(F)F)cc1)C(C)C. The van der Waals surface area contributed by atoms with Gasteiger partial charge in [-0.15, -0.1) is 0 Å². The minimum Gasteiger partial charge on any atom is -0.469 e. The van der Waals surface area contributed by atoms with Crippen LogP contribution in [0.2, 0.25) is 0 Å². The summed E-state index contributed by atoms with van der Waals surface area (Å²) >= 11 is 0. The van der Waals surface area contributed by atoms with E-state index in [1.807, 2.05) is 13.8 Å². The third-order valence-corrected chi connectivity index (χ3v) is 2.90. The van der Waals surface area contributed by atoms with Crippen molar-refractivity contribution in [3.63, 3.8) is 0 Å². The number of hydrogen-bond donors (Lipinski definition) is 0. The smallest absolute Gasteiger partial charge is 0.313 e. The van der Waals surface area contributed by atoms with E-state index in [4.69, 9.17) is 4.74 Å². The van der Waals surface area contributed by atoms with Crippen LogP contribution in [0.5, 0.6) is 0 Å². The molecule has 0 aromatic heterocycles. The van der Waals surface area contributed by atoms with Gasteiger partial charge in [0.05, 0.1) is 13.0 Å². The number of esters is 1. The van der Waals surface area contributed by atoms with E-state index in [2.05, 4.69) is 0 Å². The topological polar surface area (TPSA) is 26.3 Å². The van der Waals surface area contributed by atoms with Crippen molar-refractivity contribution < 1.29 is 18.3 Å². The van der Waals surface area contributed by atoms with Gasteiger partial charge in [0.25, 0.3) is 5.92 Å². The highest BCUT2D eigenvalue weighted by molar-refractivity contribution is 5.78. The monoisotopic (exact) mass is 256 g/mol. The van der Waals surface area contributed by atoms with Crippen LogP contribution in [0.15, 0.2) is 24.3 Å². The van der Waals surface area contributed by atoms with Crippen LogP contribution in [0.4, 0.5) is 8.78 Å². The Kier molecular flexibility index (Phi) is 4.43. The number of halogens is 2. The van der Waals surface area contributed by atoms with E-state index >= 15 is 0 Å². The molecule has 0 N–H and O–H groups in total. The summed E-state index contributed by atoms with van der Waals surface area (Å²) in [5.74, 6) is -3.59. The molecule has 0 aliphatic heterocycles. The summed E-state index contributed by atoms with van der Waals surface area (Å²) in [7, 11) is 1.33. The summed E-state index contributed by atoms with van der Waals surface area (Å²) in [4.78, 5) is 11.7. The van der Waals surface area contributed by atoms with E-state index in [1.165, 1.54) is 19.2 Å². The standard InChI is InChI=1S/C14H18F2O2/c1-9(2)12(13(17)18-4)10-5-7-11(8-6-10)14(3,15)16/h5-9,12H,1-4H3. The zero-order valence-corrected chi connectivity index (χ0v) is 11.0. The Morgan fingerprint density at radius 1 is 1.22 bits per heavy atom. The van der Waals surface area contributed by atoms with Gasteiger partial charge in [0, 0.05) is 12.5 Å². The lowest BCUT2D eigenvalue weighted by molar-refractivity contribution is -0.143. The molecular weight excluding hydrogens is 238 g/mol. The first kappa shape index (κ1) is 14.6. The molecule has 1 rings (SSSR count). The quantitative estimate of drug-likeness (QED) is 0.768. The normalized spacial score (nSPS) is 13.5. The molecule has 0 radical (unpaired) electrons. The predicted octanol–water partition coefficient (Wildman–Crippen LogP) is 3.71. The molecule has 1 atom stereocenters. The van der Waals surface area contributed by atoms with Crippen LogP contribution in [0.25, 0.3) is 0 Å². The van der Waals surface area contributed by atoms with Crippen molar-refractivity contribution in [1.82, 2.24) is 0 Å². The molecule has 0 saturated carbocycles. The Hall–Kier alpha value is -1.45.